The van der Waals surface area contributed by atoms with Crippen LogP contribution in [-0.2, 0) is 14.6 Å². The van der Waals surface area contributed by atoms with E-state index in [1.54, 1.807) is 0 Å². The Balaban J connectivity index is 1.93. The normalized spacial score (nSPS) is 23.4. The minimum atomic E-state index is -3.39. The van der Waals surface area contributed by atoms with E-state index in [9.17, 15) is 22.0 Å². The van der Waals surface area contributed by atoms with Crippen LogP contribution in [0.2, 0.25) is 0 Å². The summed E-state index contributed by atoms with van der Waals surface area (Å²) in [5, 5.41) is 6.15. The number of hydrogen-bond acceptors (Lipinski definition) is 5. The lowest BCUT2D eigenvalue weighted by molar-refractivity contribution is -0.111. The Kier molecular flexibility index (Phi) is 5.41. The fraction of sp³-hybridized carbons (Fsp3) is 0.333. The molecule has 0 spiro atoms. The second-order valence-electron chi connectivity index (χ2n) is 6.48. The van der Waals surface area contributed by atoms with Crippen molar-refractivity contribution in [2.45, 2.75) is 30.1 Å². The molecule has 6 nitrogen and oxygen atoms in total. The third kappa shape index (κ3) is 4.60. The smallest absolute Gasteiger partial charge is 0.257 e. The zero-order valence-electron chi connectivity index (χ0n) is 14.4. The molecular formula is C18H18F2N2O4S. The largest absolute Gasteiger partial charge is 0.363 e. The van der Waals surface area contributed by atoms with Crippen LogP contribution < -0.4 is 5.32 Å². The summed E-state index contributed by atoms with van der Waals surface area (Å²) in [5.74, 6) is -0.784. The highest BCUT2D eigenvalue weighted by molar-refractivity contribution is 7.90. The second kappa shape index (κ2) is 7.59. The molecule has 1 unspecified atom stereocenters. The summed E-state index contributed by atoms with van der Waals surface area (Å²) < 4.78 is 54.9. The van der Waals surface area contributed by atoms with Gasteiger partial charge in [0, 0.05) is 17.9 Å². The van der Waals surface area contributed by atoms with E-state index in [1.807, 2.05) is 0 Å². The summed E-state index contributed by atoms with van der Waals surface area (Å²) in [6.45, 7) is 0. The quantitative estimate of drug-likeness (QED) is 0.784. The molecule has 3 rings (SSSR count). The molecule has 0 bridgehead atoms. The molecule has 0 radical (unpaired) electrons. The van der Waals surface area contributed by atoms with Crippen molar-refractivity contribution in [2.24, 2.45) is 5.92 Å². The van der Waals surface area contributed by atoms with Crippen molar-refractivity contribution in [1.82, 2.24) is 5.16 Å². The number of hydrogen-bond donors (Lipinski definition) is 1. The van der Waals surface area contributed by atoms with E-state index >= 15 is 0 Å². The molecule has 0 saturated heterocycles. The van der Waals surface area contributed by atoms with Crippen LogP contribution in [-0.4, -0.2) is 38.1 Å². The molecular weight excluding hydrogens is 378 g/mol. The minimum absolute atomic E-state index is 0.0106. The summed E-state index contributed by atoms with van der Waals surface area (Å²) in [5.41, 5.74) is 0.616. The number of benzene rings is 1. The van der Waals surface area contributed by atoms with Gasteiger partial charge in [-0.15, -0.1) is 0 Å². The number of carbonyl (C=O) groups excluding carboxylic acids is 1. The van der Waals surface area contributed by atoms with Crippen LogP contribution in [0.5, 0.6) is 0 Å². The Morgan fingerprint density at radius 1 is 1.19 bits per heavy atom. The van der Waals surface area contributed by atoms with Crippen LogP contribution in [0.4, 0.5) is 14.6 Å². The van der Waals surface area contributed by atoms with Gasteiger partial charge in [0.05, 0.1) is 4.90 Å². The van der Waals surface area contributed by atoms with Gasteiger partial charge in [-0.3, -0.25) is 4.79 Å². The molecule has 1 fully saturated rings. The number of nitrogens with one attached hydrogen (secondary N) is 1. The van der Waals surface area contributed by atoms with E-state index in [2.05, 4.69) is 15.0 Å². The lowest BCUT2D eigenvalue weighted by Crippen LogP contribution is -2.15. The van der Waals surface area contributed by atoms with Gasteiger partial charge in [-0.05, 0) is 36.5 Å². The van der Waals surface area contributed by atoms with Crippen LogP contribution in [0, 0.1) is 5.92 Å². The predicted molar refractivity (Wildman–Crippen MR) is 95.2 cm³/mol. The second-order valence-corrected chi connectivity index (χ2v) is 8.49. The van der Waals surface area contributed by atoms with Gasteiger partial charge in [0.2, 0.25) is 0 Å². The summed E-state index contributed by atoms with van der Waals surface area (Å²) in [4.78, 5) is 12.8. The third-order valence-corrected chi connectivity index (χ3v) is 5.50. The standard InChI is InChI=1S/C18H18F2N2O4S/c1-27(24,25)13-4-2-12(3-5-13)14(8-11-9-15(19)16(20)10-11)18(23)21-17-6-7-26-22-17/h2-8,11,15-16H,9-10H2,1H3,(H,21,22,23)/b14-8+/t11?,15-,16+. The number of carbonyl (C=O) groups is 1. The highest BCUT2D eigenvalue weighted by Crippen LogP contribution is 2.34. The fourth-order valence-corrected chi connectivity index (χ4v) is 3.62. The number of anilines is 1. The first-order chi connectivity index (χ1) is 12.7. The van der Waals surface area contributed by atoms with E-state index in [0.717, 1.165) is 6.26 Å². The summed E-state index contributed by atoms with van der Waals surface area (Å²) >= 11 is 0. The van der Waals surface area contributed by atoms with Crippen molar-refractivity contribution < 1.29 is 26.5 Å². The van der Waals surface area contributed by atoms with E-state index in [-0.39, 0.29) is 29.1 Å². The molecule has 1 aliphatic carbocycles. The summed E-state index contributed by atoms with van der Waals surface area (Å²) in [6, 6.07) is 7.19. The van der Waals surface area contributed by atoms with Crippen LogP contribution in [0.3, 0.4) is 0 Å². The predicted octanol–water partition coefficient (Wildman–Crippen LogP) is 3.19. The number of allylic oxidation sites excluding steroid dienone is 1. The number of rotatable bonds is 5. The number of nitrogens with zero attached hydrogens (tertiary/aromatic N) is 1. The molecule has 1 amide bonds. The van der Waals surface area contributed by atoms with Crippen molar-refractivity contribution in [2.75, 3.05) is 11.6 Å². The molecule has 3 atom stereocenters. The Bertz CT molecular complexity index is 930. The first-order valence-electron chi connectivity index (χ1n) is 8.26. The molecule has 1 saturated carbocycles. The lowest BCUT2D eigenvalue weighted by Gasteiger charge is -2.11. The molecule has 2 aromatic rings. The van der Waals surface area contributed by atoms with Crippen molar-refractivity contribution >= 4 is 27.1 Å². The van der Waals surface area contributed by atoms with Crippen molar-refractivity contribution in [3.63, 3.8) is 0 Å². The van der Waals surface area contributed by atoms with E-state index < -0.39 is 34.0 Å². The molecule has 144 valence electrons. The van der Waals surface area contributed by atoms with Crippen molar-refractivity contribution in [1.29, 1.82) is 0 Å². The van der Waals surface area contributed by atoms with Crippen LogP contribution in [0.25, 0.3) is 5.57 Å². The average Bonchev–Trinajstić information content (AvgIpc) is 3.22. The van der Waals surface area contributed by atoms with Crippen LogP contribution in [0.15, 0.2) is 52.1 Å². The van der Waals surface area contributed by atoms with Crippen molar-refractivity contribution in [3.8, 4) is 0 Å². The zero-order valence-corrected chi connectivity index (χ0v) is 15.2. The summed E-state index contributed by atoms with van der Waals surface area (Å²) in [7, 11) is -3.39. The van der Waals surface area contributed by atoms with E-state index in [4.69, 9.17) is 0 Å². The maximum absolute atomic E-state index is 13.5. The van der Waals surface area contributed by atoms with Gasteiger partial charge >= 0.3 is 0 Å². The number of amides is 1. The van der Waals surface area contributed by atoms with Gasteiger partial charge in [0.1, 0.15) is 18.6 Å². The van der Waals surface area contributed by atoms with Crippen LogP contribution in [0.1, 0.15) is 18.4 Å². The maximum atomic E-state index is 13.5. The molecule has 1 aromatic carbocycles. The van der Waals surface area contributed by atoms with Crippen molar-refractivity contribution in [3.05, 3.63) is 48.2 Å². The van der Waals surface area contributed by atoms with E-state index in [1.165, 1.54) is 42.7 Å². The Hall–Kier alpha value is -2.55. The number of sulfone groups is 1. The third-order valence-electron chi connectivity index (χ3n) is 4.37. The van der Waals surface area contributed by atoms with Gasteiger partial charge in [0.25, 0.3) is 5.91 Å². The monoisotopic (exact) mass is 396 g/mol. The first-order valence-corrected chi connectivity index (χ1v) is 10.2. The zero-order chi connectivity index (χ0) is 19.6. The molecule has 0 aliphatic heterocycles. The minimum Gasteiger partial charge on any atom is -0.363 e. The Morgan fingerprint density at radius 2 is 1.81 bits per heavy atom. The first kappa shape index (κ1) is 19.2. The van der Waals surface area contributed by atoms with Gasteiger partial charge in [0.15, 0.2) is 15.7 Å². The van der Waals surface area contributed by atoms with Gasteiger partial charge < -0.3 is 9.84 Å². The fourth-order valence-electron chi connectivity index (χ4n) is 2.99. The number of aromatic nitrogens is 1. The maximum Gasteiger partial charge on any atom is 0.257 e. The lowest BCUT2D eigenvalue weighted by atomic mass is 9.98. The van der Waals surface area contributed by atoms with Gasteiger partial charge in [-0.2, -0.15) is 0 Å². The van der Waals surface area contributed by atoms with Gasteiger partial charge in [-0.25, -0.2) is 17.2 Å². The average molecular weight is 396 g/mol. The molecule has 9 heteroatoms. The summed E-state index contributed by atoms with van der Waals surface area (Å²) in [6.07, 6.45) is 0.761. The molecule has 1 aliphatic rings. The SMILES string of the molecule is CS(=O)(=O)c1ccc(/C(=C\C2C[C@@H](F)[C@@H](F)C2)C(=O)Nc2ccon2)cc1. The molecule has 1 heterocycles. The van der Waals surface area contributed by atoms with Gasteiger partial charge in [-0.1, -0.05) is 23.4 Å². The topological polar surface area (TPSA) is 89.3 Å². The molecule has 1 N–H and O–H groups in total. The molecule has 1 aromatic heterocycles. The van der Waals surface area contributed by atoms with Crippen LogP contribution >= 0.6 is 0 Å². The van der Waals surface area contributed by atoms with E-state index in [0.29, 0.717) is 5.56 Å². The Labute approximate surface area is 155 Å². The number of halogens is 2. The number of alkyl halides is 2. The molecule has 27 heavy (non-hydrogen) atoms. The highest BCUT2D eigenvalue weighted by atomic mass is 32.2. The Morgan fingerprint density at radius 3 is 2.33 bits per heavy atom. The highest BCUT2D eigenvalue weighted by Gasteiger charge is 2.34.